The molecular formula is C13H24N2O3. The first-order valence-corrected chi connectivity index (χ1v) is 6.82. The Balaban J connectivity index is 2.24. The van der Waals surface area contributed by atoms with Gasteiger partial charge in [-0.1, -0.05) is 13.3 Å². The summed E-state index contributed by atoms with van der Waals surface area (Å²) < 4.78 is 0. The summed E-state index contributed by atoms with van der Waals surface area (Å²) in [5.74, 6) is 0.313. The maximum Gasteiger partial charge on any atom is 0.239 e. The molecule has 2 N–H and O–H groups in total. The predicted molar refractivity (Wildman–Crippen MR) is 68.9 cm³/mol. The smallest absolute Gasteiger partial charge is 0.239 e. The monoisotopic (exact) mass is 256 g/mol. The number of aliphatic hydroxyl groups is 1. The van der Waals surface area contributed by atoms with Crippen LogP contribution in [0.4, 0.5) is 0 Å². The van der Waals surface area contributed by atoms with Crippen molar-refractivity contribution in [1.82, 2.24) is 10.2 Å². The van der Waals surface area contributed by atoms with Gasteiger partial charge in [0.2, 0.25) is 11.8 Å². The minimum Gasteiger partial charge on any atom is -0.396 e. The Hall–Kier alpha value is -1.10. The summed E-state index contributed by atoms with van der Waals surface area (Å²) in [5.41, 5.74) is 0. The number of carbonyl (C=O) groups is 2. The maximum atomic E-state index is 11.7. The number of rotatable bonds is 8. The van der Waals surface area contributed by atoms with Gasteiger partial charge in [-0.25, -0.2) is 0 Å². The van der Waals surface area contributed by atoms with Crippen molar-refractivity contribution in [3.63, 3.8) is 0 Å². The summed E-state index contributed by atoms with van der Waals surface area (Å²) in [6.45, 7) is 3.72. The van der Waals surface area contributed by atoms with Crippen LogP contribution in [-0.4, -0.2) is 48.1 Å². The molecule has 104 valence electrons. The van der Waals surface area contributed by atoms with Crippen molar-refractivity contribution >= 4 is 11.8 Å². The lowest BCUT2D eigenvalue weighted by atomic mass is 10.0. The van der Waals surface area contributed by atoms with Crippen molar-refractivity contribution in [2.24, 2.45) is 5.92 Å². The van der Waals surface area contributed by atoms with E-state index in [0.29, 0.717) is 25.4 Å². The van der Waals surface area contributed by atoms with Crippen molar-refractivity contribution in [2.45, 2.75) is 39.0 Å². The molecule has 0 aromatic rings. The molecule has 1 fully saturated rings. The Morgan fingerprint density at radius 1 is 1.50 bits per heavy atom. The fourth-order valence-electron chi connectivity index (χ4n) is 2.30. The molecule has 1 aliphatic heterocycles. The number of hydrogen-bond acceptors (Lipinski definition) is 3. The van der Waals surface area contributed by atoms with Crippen LogP contribution in [-0.2, 0) is 9.59 Å². The molecule has 0 saturated carbocycles. The Bertz CT molecular complexity index is 275. The van der Waals surface area contributed by atoms with Gasteiger partial charge < -0.3 is 15.3 Å². The van der Waals surface area contributed by atoms with Gasteiger partial charge in [-0.3, -0.25) is 9.59 Å². The van der Waals surface area contributed by atoms with Crippen LogP contribution < -0.4 is 5.32 Å². The summed E-state index contributed by atoms with van der Waals surface area (Å²) in [6, 6.07) is 0. The van der Waals surface area contributed by atoms with Gasteiger partial charge >= 0.3 is 0 Å². The number of carbonyl (C=O) groups excluding carboxylic acids is 2. The number of nitrogens with one attached hydrogen (secondary N) is 1. The molecule has 2 amide bonds. The van der Waals surface area contributed by atoms with E-state index in [9.17, 15) is 9.59 Å². The lowest BCUT2D eigenvalue weighted by Crippen LogP contribution is -2.39. The molecule has 5 nitrogen and oxygen atoms in total. The molecule has 1 saturated heterocycles. The first-order chi connectivity index (χ1) is 8.67. The molecule has 0 aromatic carbocycles. The molecule has 18 heavy (non-hydrogen) atoms. The van der Waals surface area contributed by atoms with Gasteiger partial charge in [-0.05, 0) is 25.2 Å². The van der Waals surface area contributed by atoms with Crippen molar-refractivity contribution in [2.75, 3.05) is 26.2 Å². The zero-order valence-electron chi connectivity index (χ0n) is 11.2. The molecule has 0 spiro atoms. The van der Waals surface area contributed by atoms with Crippen molar-refractivity contribution in [3.8, 4) is 0 Å². The molecule has 0 aliphatic carbocycles. The van der Waals surface area contributed by atoms with Crippen LogP contribution in [0.2, 0.25) is 0 Å². The summed E-state index contributed by atoms with van der Waals surface area (Å²) >= 11 is 0. The molecule has 1 unspecified atom stereocenters. The molecule has 0 aromatic heterocycles. The van der Waals surface area contributed by atoms with E-state index in [2.05, 4.69) is 12.2 Å². The van der Waals surface area contributed by atoms with Crippen molar-refractivity contribution < 1.29 is 14.7 Å². The average molecular weight is 256 g/mol. The van der Waals surface area contributed by atoms with Gasteiger partial charge in [-0.15, -0.1) is 0 Å². The van der Waals surface area contributed by atoms with E-state index in [-0.39, 0.29) is 25.0 Å². The first-order valence-electron chi connectivity index (χ1n) is 6.82. The lowest BCUT2D eigenvalue weighted by Gasteiger charge is -2.18. The topological polar surface area (TPSA) is 69.6 Å². The summed E-state index contributed by atoms with van der Waals surface area (Å²) in [5, 5.41) is 11.8. The van der Waals surface area contributed by atoms with Crippen LogP contribution in [0, 0.1) is 5.92 Å². The highest BCUT2D eigenvalue weighted by atomic mass is 16.3. The molecule has 1 aliphatic rings. The fourth-order valence-corrected chi connectivity index (χ4v) is 2.30. The zero-order chi connectivity index (χ0) is 13.4. The summed E-state index contributed by atoms with van der Waals surface area (Å²) in [6.07, 6.45) is 4.19. The normalized spacial score (nSPS) is 17.0. The minimum absolute atomic E-state index is 0.0746. The van der Waals surface area contributed by atoms with Crippen LogP contribution in [0.1, 0.15) is 39.0 Å². The third-order valence-corrected chi connectivity index (χ3v) is 3.33. The molecule has 5 heteroatoms. The minimum atomic E-state index is -0.0932. The fraction of sp³-hybridized carbons (Fsp3) is 0.846. The van der Waals surface area contributed by atoms with Gasteiger partial charge in [0.05, 0.1) is 6.54 Å². The van der Waals surface area contributed by atoms with Crippen LogP contribution in [0.3, 0.4) is 0 Å². The van der Waals surface area contributed by atoms with E-state index < -0.39 is 0 Å². The van der Waals surface area contributed by atoms with Crippen molar-refractivity contribution in [1.29, 1.82) is 0 Å². The van der Waals surface area contributed by atoms with Crippen LogP contribution in [0.15, 0.2) is 0 Å². The average Bonchev–Trinajstić information content (AvgIpc) is 2.73. The van der Waals surface area contributed by atoms with Crippen molar-refractivity contribution in [3.05, 3.63) is 0 Å². The highest BCUT2D eigenvalue weighted by Gasteiger charge is 2.22. The summed E-state index contributed by atoms with van der Waals surface area (Å²) in [7, 11) is 0. The quantitative estimate of drug-likeness (QED) is 0.665. The second-order valence-corrected chi connectivity index (χ2v) is 4.89. The Labute approximate surface area is 109 Å². The van der Waals surface area contributed by atoms with Crippen LogP contribution in [0.25, 0.3) is 0 Å². The molecule has 1 heterocycles. The van der Waals surface area contributed by atoms with Gasteiger partial charge in [0, 0.05) is 26.1 Å². The van der Waals surface area contributed by atoms with E-state index >= 15 is 0 Å². The van der Waals surface area contributed by atoms with Gasteiger partial charge in [0.1, 0.15) is 0 Å². The van der Waals surface area contributed by atoms with E-state index in [1.165, 1.54) is 0 Å². The Morgan fingerprint density at radius 2 is 2.28 bits per heavy atom. The molecule has 1 atom stereocenters. The third kappa shape index (κ3) is 5.04. The van der Waals surface area contributed by atoms with E-state index in [4.69, 9.17) is 5.11 Å². The van der Waals surface area contributed by atoms with Crippen LogP contribution in [0.5, 0.6) is 0 Å². The number of nitrogens with zero attached hydrogens (tertiary/aromatic N) is 1. The number of hydrogen-bond donors (Lipinski definition) is 2. The SMILES string of the molecule is CCCC(CCO)CNC(=O)CN1CCCC1=O. The number of aliphatic hydroxyl groups excluding tert-OH is 1. The van der Waals surface area contributed by atoms with E-state index in [0.717, 1.165) is 25.7 Å². The van der Waals surface area contributed by atoms with Gasteiger partial charge in [0.25, 0.3) is 0 Å². The molecule has 0 radical (unpaired) electrons. The third-order valence-electron chi connectivity index (χ3n) is 3.33. The van der Waals surface area contributed by atoms with Gasteiger partial charge in [-0.2, -0.15) is 0 Å². The number of amides is 2. The van der Waals surface area contributed by atoms with E-state index in [1.807, 2.05) is 0 Å². The highest BCUT2D eigenvalue weighted by Crippen LogP contribution is 2.10. The zero-order valence-corrected chi connectivity index (χ0v) is 11.2. The summed E-state index contributed by atoms with van der Waals surface area (Å²) in [4.78, 5) is 24.7. The van der Waals surface area contributed by atoms with Gasteiger partial charge in [0.15, 0.2) is 0 Å². The molecule has 1 rings (SSSR count). The maximum absolute atomic E-state index is 11.7. The second kappa shape index (κ2) is 8.08. The highest BCUT2D eigenvalue weighted by molar-refractivity contribution is 5.85. The predicted octanol–water partition coefficient (Wildman–Crippen LogP) is 0.524. The molecule has 0 bridgehead atoms. The molecular weight excluding hydrogens is 232 g/mol. The second-order valence-electron chi connectivity index (χ2n) is 4.89. The lowest BCUT2D eigenvalue weighted by molar-refractivity contribution is -0.133. The van der Waals surface area contributed by atoms with Crippen LogP contribution >= 0.6 is 0 Å². The number of likely N-dealkylation sites (tertiary alicyclic amines) is 1. The Morgan fingerprint density at radius 3 is 2.83 bits per heavy atom. The first kappa shape index (κ1) is 15.0. The standard InChI is InChI=1S/C13H24N2O3/c1-2-4-11(6-8-16)9-14-12(17)10-15-7-3-5-13(15)18/h11,16H,2-10H2,1H3,(H,14,17). The van der Waals surface area contributed by atoms with E-state index in [1.54, 1.807) is 4.90 Å². The Kier molecular flexibility index (Phi) is 6.72. The largest absolute Gasteiger partial charge is 0.396 e.